The zero-order chi connectivity index (χ0) is 13.9. The Hall–Kier alpha value is -1.26. The van der Waals surface area contributed by atoms with E-state index in [0.717, 1.165) is 48.3 Å². The Morgan fingerprint density at radius 3 is 2.16 bits per heavy atom. The van der Waals surface area contributed by atoms with Gasteiger partial charge in [-0.3, -0.25) is 0 Å². The van der Waals surface area contributed by atoms with Gasteiger partial charge in [-0.1, -0.05) is 12.8 Å². The highest BCUT2D eigenvalue weighted by molar-refractivity contribution is 5.52. The molecule has 19 heavy (non-hydrogen) atoms. The molecule has 4 heteroatoms. The van der Waals surface area contributed by atoms with Crippen molar-refractivity contribution < 1.29 is 14.2 Å². The van der Waals surface area contributed by atoms with Crippen molar-refractivity contribution in [3.63, 3.8) is 0 Å². The molecular weight excluding hydrogens is 242 g/mol. The number of nitrogens with two attached hydrogens (primary N) is 1. The number of hydrogen-bond donors (Lipinski definition) is 1. The van der Waals surface area contributed by atoms with Gasteiger partial charge in [0.1, 0.15) is 11.5 Å². The van der Waals surface area contributed by atoms with Crippen molar-refractivity contribution in [3.8, 4) is 11.5 Å². The molecule has 1 aromatic carbocycles. The fourth-order valence-corrected chi connectivity index (χ4v) is 3.06. The summed E-state index contributed by atoms with van der Waals surface area (Å²) in [6.07, 6.45) is 4.27. The molecule has 0 aliphatic heterocycles. The van der Waals surface area contributed by atoms with E-state index in [1.54, 1.807) is 21.3 Å². The molecule has 0 atom stereocenters. The van der Waals surface area contributed by atoms with Gasteiger partial charge in [0.15, 0.2) is 0 Å². The number of benzene rings is 1. The van der Waals surface area contributed by atoms with Crippen LogP contribution in [0.2, 0.25) is 0 Å². The Morgan fingerprint density at radius 2 is 1.63 bits per heavy atom. The normalized spacial score (nSPS) is 17.5. The number of ether oxygens (including phenoxy) is 3. The predicted octanol–water partition coefficient (Wildman–Crippen LogP) is 2.58. The highest BCUT2D eigenvalue weighted by atomic mass is 16.5. The van der Waals surface area contributed by atoms with Crippen molar-refractivity contribution in [1.29, 1.82) is 0 Å². The summed E-state index contributed by atoms with van der Waals surface area (Å²) in [6, 6.07) is 3.84. The molecule has 1 fully saturated rings. The van der Waals surface area contributed by atoms with Gasteiger partial charge in [0.05, 0.1) is 20.8 Å². The molecule has 0 bridgehead atoms. The largest absolute Gasteiger partial charge is 0.496 e. The molecule has 0 spiro atoms. The van der Waals surface area contributed by atoms with Gasteiger partial charge >= 0.3 is 0 Å². The maximum atomic E-state index is 6.62. The minimum Gasteiger partial charge on any atom is -0.496 e. The van der Waals surface area contributed by atoms with Crippen LogP contribution in [0.4, 0.5) is 0 Å². The molecule has 2 rings (SSSR count). The molecule has 106 valence electrons. The van der Waals surface area contributed by atoms with E-state index in [-0.39, 0.29) is 5.54 Å². The third-order valence-electron chi connectivity index (χ3n) is 3.95. The van der Waals surface area contributed by atoms with E-state index in [2.05, 4.69) is 0 Å². The quantitative estimate of drug-likeness (QED) is 0.889. The third kappa shape index (κ3) is 2.55. The smallest absolute Gasteiger partial charge is 0.124 e. The first-order valence-electron chi connectivity index (χ1n) is 6.68. The summed E-state index contributed by atoms with van der Waals surface area (Å²) < 4.78 is 16.3. The molecule has 1 saturated carbocycles. The number of rotatable bonds is 5. The van der Waals surface area contributed by atoms with Gasteiger partial charge < -0.3 is 19.9 Å². The summed E-state index contributed by atoms with van der Waals surface area (Å²) in [5.41, 5.74) is 8.35. The highest BCUT2D eigenvalue weighted by Crippen LogP contribution is 2.45. The summed E-state index contributed by atoms with van der Waals surface area (Å²) in [6.45, 7) is 0.481. The lowest BCUT2D eigenvalue weighted by atomic mass is 9.84. The van der Waals surface area contributed by atoms with Gasteiger partial charge in [-0.2, -0.15) is 0 Å². The first kappa shape index (κ1) is 14.2. The van der Waals surface area contributed by atoms with Crippen LogP contribution >= 0.6 is 0 Å². The maximum Gasteiger partial charge on any atom is 0.124 e. The Balaban J connectivity index is 2.59. The number of hydrogen-bond acceptors (Lipinski definition) is 4. The van der Waals surface area contributed by atoms with Crippen LogP contribution in [0.15, 0.2) is 12.1 Å². The van der Waals surface area contributed by atoms with Crippen LogP contribution in [0.25, 0.3) is 0 Å². The molecule has 2 N–H and O–H groups in total. The zero-order valence-electron chi connectivity index (χ0n) is 12.0. The lowest BCUT2D eigenvalue weighted by Crippen LogP contribution is -2.35. The van der Waals surface area contributed by atoms with Crippen LogP contribution in [-0.2, 0) is 16.9 Å². The van der Waals surface area contributed by atoms with Gasteiger partial charge in [-0.05, 0) is 25.0 Å². The molecule has 0 unspecified atom stereocenters. The second-order valence-corrected chi connectivity index (χ2v) is 5.12. The molecule has 0 radical (unpaired) electrons. The SMILES string of the molecule is COCc1c(OC)ccc(OC)c1C1(N)CCCC1. The molecular formula is C15H23NO3. The van der Waals surface area contributed by atoms with Crippen LogP contribution in [0.1, 0.15) is 36.8 Å². The minimum absolute atomic E-state index is 0.326. The Kier molecular flexibility index (Phi) is 4.32. The molecule has 0 heterocycles. The van der Waals surface area contributed by atoms with E-state index in [1.807, 2.05) is 12.1 Å². The van der Waals surface area contributed by atoms with Crippen LogP contribution in [0, 0.1) is 0 Å². The fourth-order valence-electron chi connectivity index (χ4n) is 3.06. The van der Waals surface area contributed by atoms with Crippen molar-refractivity contribution in [2.75, 3.05) is 21.3 Å². The van der Waals surface area contributed by atoms with E-state index in [1.165, 1.54) is 0 Å². The second-order valence-electron chi connectivity index (χ2n) is 5.12. The van der Waals surface area contributed by atoms with Crippen molar-refractivity contribution in [3.05, 3.63) is 23.3 Å². The van der Waals surface area contributed by atoms with Crippen molar-refractivity contribution in [1.82, 2.24) is 0 Å². The van der Waals surface area contributed by atoms with Gasteiger partial charge in [0.2, 0.25) is 0 Å². The lowest BCUT2D eigenvalue weighted by Gasteiger charge is -2.29. The first-order valence-corrected chi connectivity index (χ1v) is 6.68. The second kappa shape index (κ2) is 5.80. The molecule has 0 amide bonds. The van der Waals surface area contributed by atoms with Crippen LogP contribution < -0.4 is 15.2 Å². The molecule has 1 aliphatic rings. The average Bonchev–Trinajstić information content (AvgIpc) is 2.86. The summed E-state index contributed by atoms with van der Waals surface area (Å²) in [5.74, 6) is 1.65. The first-order chi connectivity index (χ1) is 9.16. The lowest BCUT2D eigenvalue weighted by molar-refractivity contribution is 0.178. The number of methoxy groups -OCH3 is 3. The summed E-state index contributed by atoms with van der Waals surface area (Å²) >= 11 is 0. The topological polar surface area (TPSA) is 53.7 Å². The summed E-state index contributed by atoms with van der Waals surface area (Å²) in [5, 5.41) is 0. The third-order valence-corrected chi connectivity index (χ3v) is 3.95. The van der Waals surface area contributed by atoms with Gasteiger partial charge in [0, 0.05) is 23.8 Å². The van der Waals surface area contributed by atoms with Crippen LogP contribution in [0.3, 0.4) is 0 Å². The Bertz CT molecular complexity index is 439. The minimum atomic E-state index is -0.326. The maximum absolute atomic E-state index is 6.62. The van der Waals surface area contributed by atoms with Gasteiger partial charge in [-0.25, -0.2) is 0 Å². The van der Waals surface area contributed by atoms with Crippen molar-refractivity contribution in [2.45, 2.75) is 37.8 Å². The molecule has 4 nitrogen and oxygen atoms in total. The van der Waals surface area contributed by atoms with E-state index in [4.69, 9.17) is 19.9 Å². The van der Waals surface area contributed by atoms with E-state index in [9.17, 15) is 0 Å². The average molecular weight is 265 g/mol. The standard InChI is InChI=1S/C15H23NO3/c1-17-10-11-12(18-2)6-7-13(19-3)14(11)15(16)8-4-5-9-15/h6-7H,4-5,8-10,16H2,1-3H3. The molecule has 0 aromatic heterocycles. The predicted molar refractivity (Wildman–Crippen MR) is 74.6 cm³/mol. The van der Waals surface area contributed by atoms with E-state index >= 15 is 0 Å². The monoisotopic (exact) mass is 265 g/mol. The molecule has 0 saturated heterocycles. The molecule has 1 aromatic rings. The van der Waals surface area contributed by atoms with Gasteiger partial charge in [0.25, 0.3) is 0 Å². The van der Waals surface area contributed by atoms with E-state index < -0.39 is 0 Å². The van der Waals surface area contributed by atoms with E-state index in [0.29, 0.717) is 6.61 Å². The van der Waals surface area contributed by atoms with Crippen molar-refractivity contribution >= 4 is 0 Å². The summed E-state index contributed by atoms with van der Waals surface area (Å²) in [4.78, 5) is 0. The Morgan fingerprint density at radius 1 is 1.05 bits per heavy atom. The highest BCUT2D eigenvalue weighted by Gasteiger charge is 2.36. The Labute approximate surface area is 114 Å². The van der Waals surface area contributed by atoms with Crippen molar-refractivity contribution in [2.24, 2.45) is 5.73 Å². The molecule has 1 aliphatic carbocycles. The van der Waals surface area contributed by atoms with Gasteiger partial charge in [-0.15, -0.1) is 0 Å². The summed E-state index contributed by atoms with van der Waals surface area (Å²) in [7, 11) is 5.03. The fraction of sp³-hybridized carbons (Fsp3) is 0.600. The van der Waals surface area contributed by atoms with Crippen LogP contribution in [-0.4, -0.2) is 21.3 Å². The zero-order valence-corrected chi connectivity index (χ0v) is 12.0. The van der Waals surface area contributed by atoms with Crippen LogP contribution in [0.5, 0.6) is 11.5 Å².